The molecule has 0 saturated carbocycles. The number of hydrogen-bond acceptors (Lipinski definition) is 2. The lowest BCUT2D eigenvalue weighted by Gasteiger charge is -2.32. The Labute approximate surface area is 94.3 Å². The third-order valence-corrected chi connectivity index (χ3v) is 2.97. The topological polar surface area (TPSA) is 40.5 Å². The lowest BCUT2D eigenvalue weighted by molar-refractivity contribution is -0.149. The molecule has 1 atom stereocenters. The summed E-state index contributed by atoms with van der Waals surface area (Å²) in [7, 11) is 3.48. The first-order valence-electron chi connectivity index (χ1n) is 4.56. The zero-order valence-corrected chi connectivity index (χ0v) is 9.75. The van der Waals surface area contributed by atoms with Gasteiger partial charge >= 0.3 is 5.97 Å². The van der Waals surface area contributed by atoms with Gasteiger partial charge in [-0.2, -0.15) is 0 Å². The number of likely N-dealkylation sites (N-methyl/N-ethyl adjacent to an activating group) is 1. The van der Waals surface area contributed by atoms with E-state index in [2.05, 4.69) is 0 Å². The van der Waals surface area contributed by atoms with Crippen LogP contribution in [-0.2, 0) is 10.3 Å². The van der Waals surface area contributed by atoms with E-state index in [9.17, 15) is 9.90 Å². The van der Waals surface area contributed by atoms with E-state index >= 15 is 0 Å². The van der Waals surface area contributed by atoms with Crippen molar-refractivity contribution < 1.29 is 9.90 Å². The first-order chi connectivity index (χ1) is 6.89. The van der Waals surface area contributed by atoms with E-state index in [0.29, 0.717) is 10.6 Å². The number of hydrogen-bond donors (Lipinski definition) is 1. The van der Waals surface area contributed by atoms with Crippen molar-refractivity contribution >= 4 is 17.6 Å². The van der Waals surface area contributed by atoms with Crippen LogP contribution in [0.2, 0.25) is 5.02 Å². The van der Waals surface area contributed by atoms with Crippen LogP contribution in [0.1, 0.15) is 12.5 Å². The molecular formula is C11H14ClNO2. The van der Waals surface area contributed by atoms with Crippen molar-refractivity contribution in [2.24, 2.45) is 0 Å². The van der Waals surface area contributed by atoms with Crippen molar-refractivity contribution in [3.05, 3.63) is 34.9 Å². The van der Waals surface area contributed by atoms with Gasteiger partial charge in [0, 0.05) is 5.02 Å². The second-order valence-corrected chi connectivity index (χ2v) is 4.22. The Morgan fingerprint density at radius 3 is 2.13 bits per heavy atom. The van der Waals surface area contributed by atoms with Crippen LogP contribution in [0.25, 0.3) is 0 Å². The first-order valence-corrected chi connectivity index (χ1v) is 4.93. The number of benzene rings is 1. The van der Waals surface area contributed by atoms with Gasteiger partial charge in [-0.25, -0.2) is 4.79 Å². The minimum atomic E-state index is -1.02. The molecule has 0 spiro atoms. The van der Waals surface area contributed by atoms with Gasteiger partial charge in [-0.05, 0) is 38.7 Å². The molecule has 1 rings (SSSR count). The molecule has 4 heteroatoms. The van der Waals surface area contributed by atoms with E-state index in [1.807, 2.05) is 0 Å². The Hall–Kier alpha value is -1.06. The zero-order valence-electron chi connectivity index (χ0n) is 8.99. The number of nitrogens with zero attached hydrogens (tertiary/aromatic N) is 1. The van der Waals surface area contributed by atoms with Gasteiger partial charge in [0.1, 0.15) is 5.54 Å². The normalized spacial score (nSPS) is 15.0. The van der Waals surface area contributed by atoms with Crippen molar-refractivity contribution in [2.45, 2.75) is 12.5 Å². The Bertz CT molecular complexity index is 361. The molecule has 0 radical (unpaired) electrons. The molecule has 0 aliphatic carbocycles. The van der Waals surface area contributed by atoms with E-state index in [4.69, 9.17) is 11.6 Å². The van der Waals surface area contributed by atoms with Gasteiger partial charge in [0.25, 0.3) is 0 Å². The average molecular weight is 228 g/mol. The van der Waals surface area contributed by atoms with Crippen molar-refractivity contribution in [1.82, 2.24) is 4.90 Å². The number of aliphatic carboxylic acids is 1. The summed E-state index contributed by atoms with van der Waals surface area (Å²) in [6, 6.07) is 6.86. The molecule has 1 aromatic carbocycles. The van der Waals surface area contributed by atoms with Crippen molar-refractivity contribution in [3.8, 4) is 0 Å². The molecule has 0 heterocycles. The molecule has 0 amide bonds. The van der Waals surface area contributed by atoms with Crippen molar-refractivity contribution in [1.29, 1.82) is 0 Å². The van der Waals surface area contributed by atoms with Gasteiger partial charge in [-0.3, -0.25) is 4.90 Å². The number of halogens is 1. The molecule has 15 heavy (non-hydrogen) atoms. The second-order valence-electron chi connectivity index (χ2n) is 3.78. The molecule has 0 aliphatic rings. The van der Waals surface area contributed by atoms with Gasteiger partial charge in [0.2, 0.25) is 0 Å². The van der Waals surface area contributed by atoms with Crippen molar-refractivity contribution in [3.63, 3.8) is 0 Å². The molecule has 82 valence electrons. The molecular weight excluding hydrogens is 214 g/mol. The molecule has 0 fully saturated rings. The summed E-state index contributed by atoms with van der Waals surface area (Å²) in [5.74, 6) is -0.880. The molecule has 1 unspecified atom stereocenters. The Balaban J connectivity index is 3.22. The molecule has 0 saturated heterocycles. The highest BCUT2D eigenvalue weighted by Gasteiger charge is 2.37. The Kier molecular flexibility index (Phi) is 3.37. The number of carbonyl (C=O) groups is 1. The minimum Gasteiger partial charge on any atom is -0.480 e. The van der Waals surface area contributed by atoms with Crippen LogP contribution in [0.5, 0.6) is 0 Å². The lowest BCUT2D eigenvalue weighted by Crippen LogP contribution is -2.45. The predicted molar refractivity (Wildman–Crippen MR) is 60.1 cm³/mol. The maximum Gasteiger partial charge on any atom is 0.328 e. The highest BCUT2D eigenvalue weighted by Crippen LogP contribution is 2.27. The zero-order chi connectivity index (χ0) is 11.6. The monoisotopic (exact) mass is 227 g/mol. The van der Waals surface area contributed by atoms with Gasteiger partial charge in [0.05, 0.1) is 0 Å². The standard InChI is InChI=1S/C11H14ClNO2/c1-11(10(14)15,13(2)3)8-4-6-9(12)7-5-8/h4-7H,1-3H3,(H,14,15). The van der Waals surface area contributed by atoms with Gasteiger partial charge in [-0.15, -0.1) is 0 Å². The molecule has 0 aliphatic heterocycles. The van der Waals surface area contributed by atoms with Crippen LogP contribution < -0.4 is 0 Å². The number of carboxylic acid groups (broad SMARTS) is 1. The fourth-order valence-corrected chi connectivity index (χ4v) is 1.47. The molecule has 1 N–H and O–H groups in total. The highest BCUT2D eigenvalue weighted by molar-refractivity contribution is 6.30. The Morgan fingerprint density at radius 2 is 1.80 bits per heavy atom. The van der Waals surface area contributed by atoms with Crippen LogP contribution in [-0.4, -0.2) is 30.1 Å². The van der Waals surface area contributed by atoms with Crippen LogP contribution in [0.3, 0.4) is 0 Å². The maximum atomic E-state index is 11.3. The fraction of sp³-hybridized carbons (Fsp3) is 0.364. The number of rotatable bonds is 3. The first kappa shape index (κ1) is 12.0. The summed E-state index contributed by atoms with van der Waals surface area (Å²) >= 11 is 5.76. The third-order valence-electron chi connectivity index (χ3n) is 2.72. The molecule has 0 bridgehead atoms. The molecule has 1 aromatic rings. The lowest BCUT2D eigenvalue weighted by atomic mass is 9.91. The summed E-state index contributed by atoms with van der Waals surface area (Å²) in [4.78, 5) is 12.9. The van der Waals surface area contributed by atoms with Crippen LogP contribution in [0, 0.1) is 0 Å². The summed E-state index contributed by atoms with van der Waals surface area (Å²) < 4.78 is 0. The second kappa shape index (κ2) is 4.21. The van der Waals surface area contributed by atoms with Crippen LogP contribution in [0.15, 0.2) is 24.3 Å². The number of carboxylic acids is 1. The predicted octanol–water partition coefficient (Wildman–Crippen LogP) is 2.20. The third kappa shape index (κ3) is 2.13. The highest BCUT2D eigenvalue weighted by atomic mass is 35.5. The van der Waals surface area contributed by atoms with E-state index in [-0.39, 0.29) is 0 Å². The molecule has 0 aromatic heterocycles. The largest absolute Gasteiger partial charge is 0.480 e. The summed E-state index contributed by atoms with van der Waals surface area (Å²) in [5.41, 5.74) is -0.311. The molecule has 3 nitrogen and oxygen atoms in total. The summed E-state index contributed by atoms with van der Waals surface area (Å²) in [6.07, 6.45) is 0. The smallest absolute Gasteiger partial charge is 0.328 e. The summed E-state index contributed by atoms with van der Waals surface area (Å²) in [6.45, 7) is 1.67. The van der Waals surface area contributed by atoms with E-state index < -0.39 is 11.5 Å². The van der Waals surface area contributed by atoms with E-state index in [1.165, 1.54) is 0 Å². The van der Waals surface area contributed by atoms with E-state index in [0.717, 1.165) is 0 Å². The van der Waals surface area contributed by atoms with Gasteiger partial charge in [-0.1, -0.05) is 23.7 Å². The minimum absolute atomic E-state index is 0.602. The van der Waals surface area contributed by atoms with Crippen LogP contribution >= 0.6 is 11.6 Å². The fourth-order valence-electron chi connectivity index (χ4n) is 1.35. The Morgan fingerprint density at radius 1 is 1.33 bits per heavy atom. The maximum absolute atomic E-state index is 11.3. The van der Waals surface area contributed by atoms with Crippen molar-refractivity contribution in [2.75, 3.05) is 14.1 Å². The van der Waals surface area contributed by atoms with Crippen LogP contribution in [0.4, 0.5) is 0 Å². The quantitative estimate of drug-likeness (QED) is 0.861. The van der Waals surface area contributed by atoms with E-state index in [1.54, 1.807) is 50.2 Å². The SMILES string of the molecule is CN(C)C(C)(C(=O)O)c1ccc(Cl)cc1. The average Bonchev–Trinajstić information content (AvgIpc) is 2.17. The van der Waals surface area contributed by atoms with Gasteiger partial charge in [0.15, 0.2) is 0 Å². The van der Waals surface area contributed by atoms with Gasteiger partial charge < -0.3 is 5.11 Å². The summed E-state index contributed by atoms with van der Waals surface area (Å²) in [5, 5.41) is 9.85.